The molecule has 1 rings (SSSR count). The van der Waals surface area contributed by atoms with Gasteiger partial charge in [0.1, 0.15) is 5.69 Å². The van der Waals surface area contributed by atoms with Gasteiger partial charge >= 0.3 is 0 Å². The van der Waals surface area contributed by atoms with E-state index in [9.17, 15) is 14.9 Å². The summed E-state index contributed by atoms with van der Waals surface area (Å²) in [7, 11) is 0. The van der Waals surface area contributed by atoms with E-state index in [0.29, 0.717) is 25.3 Å². The van der Waals surface area contributed by atoms with Gasteiger partial charge in [-0.2, -0.15) is 0 Å². The van der Waals surface area contributed by atoms with Gasteiger partial charge in [0.2, 0.25) is 0 Å². The first-order chi connectivity index (χ1) is 8.60. The Hall–Kier alpha value is -2.15. The molecule has 7 heteroatoms. The standard InChI is InChI=1S/C11H16N4O3/c1-2-13-11(16)8-3-4-9(14-6-5-12)10(7-8)15(17)18/h3-4,7,14H,2,5-6,12H2,1H3,(H,13,16). The average Bonchev–Trinajstić information content (AvgIpc) is 2.36. The third kappa shape index (κ3) is 3.42. The first-order valence-electron chi connectivity index (χ1n) is 5.60. The van der Waals surface area contributed by atoms with E-state index in [0.717, 1.165) is 0 Å². The van der Waals surface area contributed by atoms with Crippen molar-refractivity contribution in [1.82, 2.24) is 5.32 Å². The Morgan fingerprint density at radius 2 is 2.22 bits per heavy atom. The van der Waals surface area contributed by atoms with E-state index in [2.05, 4.69) is 10.6 Å². The van der Waals surface area contributed by atoms with Crippen molar-refractivity contribution in [2.45, 2.75) is 6.92 Å². The molecule has 0 fully saturated rings. The van der Waals surface area contributed by atoms with Gasteiger partial charge in [0.25, 0.3) is 11.6 Å². The van der Waals surface area contributed by atoms with Crippen LogP contribution in [0.3, 0.4) is 0 Å². The zero-order valence-corrected chi connectivity index (χ0v) is 10.1. The first kappa shape index (κ1) is 13.9. The molecule has 0 spiro atoms. The summed E-state index contributed by atoms with van der Waals surface area (Å²) in [5, 5.41) is 16.4. The van der Waals surface area contributed by atoms with Crippen LogP contribution in [0.4, 0.5) is 11.4 Å². The van der Waals surface area contributed by atoms with Gasteiger partial charge in [0.15, 0.2) is 0 Å². The summed E-state index contributed by atoms with van der Waals surface area (Å²) in [5.41, 5.74) is 5.82. The predicted octanol–water partition coefficient (Wildman–Crippen LogP) is 0.715. The number of nitrogens with zero attached hydrogens (tertiary/aromatic N) is 1. The number of hydrogen-bond acceptors (Lipinski definition) is 5. The van der Waals surface area contributed by atoms with E-state index in [1.165, 1.54) is 18.2 Å². The molecule has 0 aromatic heterocycles. The van der Waals surface area contributed by atoms with Crippen LogP contribution in [0.5, 0.6) is 0 Å². The molecular formula is C11H16N4O3. The van der Waals surface area contributed by atoms with Crippen LogP contribution in [0.1, 0.15) is 17.3 Å². The highest BCUT2D eigenvalue weighted by molar-refractivity contribution is 5.95. The number of anilines is 1. The Balaban J connectivity index is 3.03. The van der Waals surface area contributed by atoms with Gasteiger partial charge in [0, 0.05) is 31.3 Å². The van der Waals surface area contributed by atoms with Crippen LogP contribution < -0.4 is 16.4 Å². The lowest BCUT2D eigenvalue weighted by atomic mass is 10.1. The number of carbonyl (C=O) groups excluding carboxylic acids is 1. The Morgan fingerprint density at radius 1 is 1.50 bits per heavy atom. The summed E-state index contributed by atoms with van der Waals surface area (Å²) < 4.78 is 0. The van der Waals surface area contributed by atoms with Gasteiger partial charge in [-0.15, -0.1) is 0 Å². The van der Waals surface area contributed by atoms with Crippen molar-refractivity contribution in [2.24, 2.45) is 5.73 Å². The van der Waals surface area contributed by atoms with Crippen LogP contribution in [-0.4, -0.2) is 30.5 Å². The maximum absolute atomic E-state index is 11.6. The highest BCUT2D eigenvalue weighted by atomic mass is 16.6. The molecule has 0 atom stereocenters. The minimum absolute atomic E-state index is 0.132. The number of nitro groups is 1. The van der Waals surface area contributed by atoms with E-state index in [4.69, 9.17) is 5.73 Å². The van der Waals surface area contributed by atoms with Crippen molar-refractivity contribution in [3.63, 3.8) is 0 Å². The monoisotopic (exact) mass is 252 g/mol. The third-order valence-corrected chi connectivity index (χ3v) is 2.25. The van der Waals surface area contributed by atoms with Gasteiger partial charge in [-0.1, -0.05) is 0 Å². The average molecular weight is 252 g/mol. The number of hydrogen-bond donors (Lipinski definition) is 3. The summed E-state index contributed by atoms with van der Waals surface area (Å²) in [6.07, 6.45) is 0. The van der Waals surface area contributed by atoms with Crippen molar-refractivity contribution in [3.8, 4) is 0 Å². The van der Waals surface area contributed by atoms with Crippen molar-refractivity contribution >= 4 is 17.3 Å². The van der Waals surface area contributed by atoms with Gasteiger partial charge in [-0.3, -0.25) is 14.9 Å². The number of rotatable bonds is 6. The van der Waals surface area contributed by atoms with Crippen molar-refractivity contribution in [2.75, 3.05) is 25.0 Å². The lowest BCUT2D eigenvalue weighted by molar-refractivity contribution is -0.384. The molecule has 0 saturated heterocycles. The molecule has 0 bridgehead atoms. The number of benzene rings is 1. The third-order valence-electron chi connectivity index (χ3n) is 2.25. The quantitative estimate of drug-likeness (QED) is 0.510. The molecule has 4 N–H and O–H groups in total. The van der Waals surface area contributed by atoms with E-state index < -0.39 is 4.92 Å². The molecule has 1 aromatic rings. The Morgan fingerprint density at radius 3 is 2.78 bits per heavy atom. The fourth-order valence-corrected chi connectivity index (χ4v) is 1.44. The topological polar surface area (TPSA) is 110 Å². The smallest absolute Gasteiger partial charge is 0.293 e. The van der Waals surface area contributed by atoms with Crippen LogP contribution >= 0.6 is 0 Å². The van der Waals surface area contributed by atoms with Gasteiger partial charge < -0.3 is 16.4 Å². The fraction of sp³-hybridized carbons (Fsp3) is 0.364. The van der Waals surface area contributed by atoms with Crippen LogP contribution in [0, 0.1) is 10.1 Å². The molecule has 0 unspecified atom stereocenters. The summed E-state index contributed by atoms with van der Waals surface area (Å²) in [4.78, 5) is 22.0. The highest BCUT2D eigenvalue weighted by Gasteiger charge is 2.16. The molecule has 0 aliphatic heterocycles. The summed E-state index contributed by atoms with van der Waals surface area (Å²) in [6.45, 7) is 3.06. The molecule has 0 radical (unpaired) electrons. The van der Waals surface area contributed by atoms with E-state index in [-0.39, 0.29) is 17.2 Å². The minimum atomic E-state index is -0.526. The Kier molecular flexibility index (Phi) is 5.06. The van der Waals surface area contributed by atoms with Crippen LogP contribution in [0.2, 0.25) is 0 Å². The lowest BCUT2D eigenvalue weighted by Crippen LogP contribution is -2.22. The molecule has 7 nitrogen and oxygen atoms in total. The zero-order chi connectivity index (χ0) is 13.5. The molecule has 98 valence electrons. The van der Waals surface area contributed by atoms with Crippen LogP contribution in [0.25, 0.3) is 0 Å². The predicted molar refractivity (Wildman–Crippen MR) is 68.6 cm³/mol. The molecule has 0 aliphatic rings. The second kappa shape index (κ2) is 6.55. The molecule has 0 saturated carbocycles. The number of nitrogens with one attached hydrogen (secondary N) is 2. The largest absolute Gasteiger partial charge is 0.378 e. The number of nitrogens with two attached hydrogens (primary N) is 1. The number of nitro benzene ring substituents is 1. The number of amides is 1. The van der Waals surface area contributed by atoms with E-state index >= 15 is 0 Å². The zero-order valence-electron chi connectivity index (χ0n) is 10.1. The van der Waals surface area contributed by atoms with Crippen molar-refractivity contribution in [1.29, 1.82) is 0 Å². The molecule has 1 aromatic carbocycles. The van der Waals surface area contributed by atoms with E-state index in [1.807, 2.05) is 0 Å². The van der Waals surface area contributed by atoms with Crippen LogP contribution in [-0.2, 0) is 0 Å². The molecule has 0 heterocycles. The number of carbonyl (C=O) groups is 1. The summed E-state index contributed by atoms with van der Waals surface area (Å²) in [5.74, 6) is -0.328. The van der Waals surface area contributed by atoms with E-state index in [1.54, 1.807) is 6.92 Å². The Bertz CT molecular complexity index is 448. The van der Waals surface area contributed by atoms with Crippen molar-refractivity contribution < 1.29 is 9.72 Å². The SMILES string of the molecule is CCNC(=O)c1ccc(NCCN)c([N+](=O)[O-])c1. The van der Waals surface area contributed by atoms with Crippen molar-refractivity contribution in [3.05, 3.63) is 33.9 Å². The summed E-state index contributed by atoms with van der Waals surface area (Å²) >= 11 is 0. The van der Waals surface area contributed by atoms with Gasteiger partial charge in [-0.05, 0) is 19.1 Å². The second-order valence-corrected chi connectivity index (χ2v) is 3.56. The first-order valence-corrected chi connectivity index (χ1v) is 5.60. The van der Waals surface area contributed by atoms with Gasteiger partial charge in [0.05, 0.1) is 4.92 Å². The maximum atomic E-state index is 11.6. The van der Waals surface area contributed by atoms with Gasteiger partial charge in [-0.25, -0.2) is 0 Å². The molecule has 0 aliphatic carbocycles. The molecular weight excluding hydrogens is 236 g/mol. The highest BCUT2D eigenvalue weighted by Crippen LogP contribution is 2.25. The van der Waals surface area contributed by atoms with Crippen LogP contribution in [0.15, 0.2) is 18.2 Å². The maximum Gasteiger partial charge on any atom is 0.293 e. The normalized spacial score (nSPS) is 9.89. The fourth-order valence-electron chi connectivity index (χ4n) is 1.44. The molecule has 1 amide bonds. The second-order valence-electron chi connectivity index (χ2n) is 3.56. The minimum Gasteiger partial charge on any atom is -0.378 e. The summed E-state index contributed by atoms with van der Waals surface area (Å²) in [6, 6.07) is 4.30. The molecule has 18 heavy (non-hydrogen) atoms. The Labute approximate surface area is 105 Å². The lowest BCUT2D eigenvalue weighted by Gasteiger charge is -2.07.